The third-order valence-electron chi connectivity index (χ3n) is 3.97. The molecule has 1 heterocycles. The maximum Gasteiger partial charge on any atom is 0.339 e. The lowest BCUT2D eigenvalue weighted by atomic mass is 10.0. The molecule has 0 bridgehead atoms. The number of halogens is 1. The van der Waals surface area contributed by atoms with E-state index in [1.807, 2.05) is 49.4 Å². The monoisotopic (exact) mass is 358 g/mol. The van der Waals surface area contributed by atoms with Crippen LogP contribution in [0.3, 0.4) is 0 Å². The maximum absolute atomic E-state index is 11.6. The van der Waals surface area contributed by atoms with Gasteiger partial charge in [-0.3, -0.25) is 4.98 Å². The van der Waals surface area contributed by atoms with Gasteiger partial charge >= 0.3 is 5.97 Å². The largest absolute Gasteiger partial charge is 0.494 e. The van der Waals surface area contributed by atoms with Gasteiger partial charge in [0.15, 0.2) is 0 Å². The highest BCUT2D eigenvalue weighted by atomic mass is 35.5. The molecule has 0 aliphatic heterocycles. The Labute approximate surface area is 152 Å². The summed E-state index contributed by atoms with van der Waals surface area (Å²) >= 11 is 0. The molecule has 0 aliphatic carbocycles. The smallest absolute Gasteiger partial charge is 0.339 e. The number of hydrogen-bond acceptors (Lipinski definition) is 4. The normalized spacial score (nSPS) is 11.4. The summed E-state index contributed by atoms with van der Waals surface area (Å²) < 4.78 is 5.33. The molecule has 3 rings (SSSR count). The Bertz CT molecular complexity index is 884. The summed E-state index contributed by atoms with van der Waals surface area (Å²) in [4.78, 5) is 15.9. The third-order valence-corrected chi connectivity index (χ3v) is 3.97. The van der Waals surface area contributed by atoms with E-state index in [4.69, 9.17) is 4.74 Å². The highest BCUT2D eigenvalue weighted by Crippen LogP contribution is 2.33. The molecule has 0 saturated carbocycles. The number of aromatic nitrogens is 1. The minimum Gasteiger partial charge on any atom is -0.494 e. The van der Waals surface area contributed by atoms with Gasteiger partial charge < -0.3 is 15.2 Å². The molecule has 2 aromatic carbocycles. The average Bonchev–Trinajstić information content (AvgIpc) is 2.61. The van der Waals surface area contributed by atoms with Crippen LogP contribution in [0.1, 0.15) is 28.9 Å². The Kier molecular flexibility index (Phi) is 5.83. The molecular weight excluding hydrogens is 340 g/mol. The van der Waals surface area contributed by atoms with Crippen molar-refractivity contribution in [2.75, 3.05) is 12.4 Å². The number of rotatable bonds is 5. The molecule has 6 heteroatoms. The van der Waals surface area contributed by atoms with Gasteiger partial charge in [0, 0.05) is 17.6 Å². The molecule has 5 nitrogen and oxygen atoms in total. The van der Waals surface area contributed by atoms with Crippen LogP contribution in [0.25, 0.3) is 10.9 Å². The first-order valence-corrected chi connectivity index (χ1v) is 7.62. The molecule has 0 fully saturated rings. The molecule has 0 amide bonds. The molecule has 0 radical (unpaired) electrons. The zero-order chi connectivity index (χ0) is 17.1. The van der Waals surface area contributed by atoms with Crippen molar-refractivity contribution < 1.29 is 14.6 Å². The summed E-state index contributed by atoms with van der Waals surface area (Å²) in [6.07, 6.45) is 1.37. The second-order valence-electron chi connectivity index (χ2n) is 5.49. The van der Waals surface area contributed by atoms with Gasteiger partial charge in [0.1, 0.15) is 16.8 Å². The van der Waals surface area contributed by atoms with Crippen molar-refractivity contribution in [1.29, 1.82) is 0 Å². The lowest BCUT2D eigenvalue weighted by Gasteiger charge is -2.19. The van der Waals surface area contributed by atoms with Crippen LogP contribution in [-0.2, 0) is 0 Å². The first kappa shape index (κ1) is 18.5. The quantitative estimate of drug-likeness (QED) is 0.700. The van der Waals surface area contributed by atoms with Crippen molar-refractivity contribution in [3.05, 3.63) is 65.9 Å². The van der Waals surface area contributed by atoms with Crippen LogP contribution in [0.5, 0.6) is 5.75 Å². The standard InChI is InChI=1S/C19H18N2O3.ClH/c1-12(13-7-4-3-5-8-13)21-17-14-9-6-10-16(24-2)18(14)20-11-15(17)19(22)23;/h3-12H,1-2H3,(H,20,21)(H,22,23);1H. The number of pyridine rings is 1. The van der Waals surface area contributed by atoms with Crippen molar-refractivity contribution in [2.45, 2.75) is 13.0 Å². The molecule has 0 aliphatic rings. The molecule has 25 heavy (non-hydrogen) atoms. The zero-order valence-electron chi connectivity index (χ0n) is 13.9. The summed E-state index contributed by atoms with van der Waals surface area (Å²) in [5.74, 6) is -0.408. The van der Waals surface area contributed by atoms with Crippen LogP contribution in [0.4, 0.5) is 5.69 Å². The number of carboxylic acids is 1. The van der Waals surface area contributed by atoms with Gasteiger partial charge in [-0.25, -0.2) is 4.79 Å². The number of methoxy groups -OCH3 is 1. The summed E-state index contributed by atoms with van der Waals surface area (Å²) in [6.45, 7) is 1.99. The number of ether oxygens (including phenoxy) is 1. The fourth-order valence-electron chi connectivity index (χ4n) is 2.72. The minimum atomic E-state index is -1.02. The first-order valence-electron chi connectivity index (χ1n) is 7.62. The van der Waals surface area contributed by atoms with E-state index in [-0.39, 0.29) is 24.0 Å². The van der Waals surface area contributed by atoms with Crippen molar-refractivity contribution in [2.24, 2.45) is 0 Å². The predicted octanol–water partition coefficient (Wildman–Crippen LogP) is 4.54. The molecule has 130 valence electrons. The van der Waals surface area contributed by atoms with E-state index < -0.39 is 5.97 Å². The molecule has 1 aromatic heterocycles. The van der Waals surface area contributed by atoms with Gasteiger partial charge in [0.05, 0.1) is 12.8 Å². The van der Waals surface area contributed by atoms with E-state index in [1.54, 1.807) is 13.2 Å². The van der Waals surface area contributed by atoms with Crippen LogP contribution in [0, 0.1) is 0 Å². The topological polar surface area (TPSA) is 71.5 Å². The molecule has 1 unspecified atom stereocenters. The molecular formula is C19H19ClN2O3. The van der Waals surface area contributed by atoms with E-state index in [9.17, 15) is 9.90 Å². The van der Waals surface area contributed by atoms with Crippen LogP contribution in [-0.4, -0.2) is 23.2 Å². The Morgan fingerprint density at radius 1 is 1.16 bits per heavy atom. The summed E-state index contributed by atoms with van der Waals surface area (Å²) in [5.41, 5.74) is 2.38. The summed E-state index contributed by atoms with van der Waals surface area (Å²) in [6, 6.07) is 15.3. The van der Waals surface area contributed by atoms with Crippen molar-refractivity contribution in [3.63, 3.8) is 0 Å². The second-order valence-corrected chi connectivity index (χ2v) is 5.49. The summed E-state index contributed by atoms with van der Waals surface area (Å²) in [7, 11) is 1.57. The number of benzene rings is 2. The molecule has 1 atom stereocenters. The average molecular weight is 359 g/mol. The van der Waals surface area contributed by atoms with E-state index >= 15 is 0 Å². The van der Waals surface area contributed by atoms with Crippen LogP contribution in [0.15, 0.2) is 54.7 Å². The van der Waals surface area contributed by atoms with Gasteiger partial charge in [-0.05, 0) is 18.6 Å². The number of para-hydroxylation sites is 1. The first-order chi connectivity index (χ1) is 11.6. The lowest BCUT2D eigenvalue weighted by Crippen LogP contribution is -2.12. The van der Waals surface area contributed by atoms with Crippen LogP contribution >= 0.6 is 12.4 Å². The van der Waals surface area contributed by atoms with Crippen molar-refractivity contribution >= 4 is 35.0 Å². The highest BCUT2D eigenvalue weighted by Gasteiger charge is 2.18. The molecule has 0 spiro atoms. The number of carboxylic acid groups (broad SMARTS) is 1. The molecule has 0 saturated heterocycles. The summed E-state index contributed by atoms with van der Waals surface area (Å²) in [5, 5.41) is 13.6. The number of aromatic carboxylic acids is 1. The predicted molar refractivity (Wildman–Crippen MR) is 101 cm³/mol. The number of hydrogen-bond donors (Lipinski definition) is 2. The van der Waals surface area contributed by atoms with E-state index in [0.29, 0.717) is 17.0 Å². The molecule has 3 aromatic rings. The maximum atomic E-state index is 11.6. The third kappa shape index (κ3) is 3.67. The van der Waals surface area contributed by atoms with E-state index in [2.05, 4.69) is 10.3 Å². The van der Waals surface area contributed by atoms with E-state index in [1.165, 1.54) is 6.20 Å². The Hall–Kier alpha value is -2.79. The number of nitrogens with one attached hydrogen (secondary N) is 1. The lowest BCUT2D eigenvalue weighted by molar-refractivity contribution is 0.0697. The van der Waals surface area contributed by atoms with Crippen molar-refractivity contribution in [1.82, 2.24) is 4.98 Å². The van der Waals surface area contributed by atoms with Gasteiger partial charge in [-0.2, -0.15) is 0 Å². The van der Waals surface area contributed by atoms with Gasteiger partial charge in [-0.1, -0.05) is 42.5 Å². The van der Waals surface area contributed by atoms with Gasteiger partial charge in [0.25, 0.3) is 0 Å². The van der Waals surface area contributed by atoms with Gasteiger partial charge in [-0.15, -0.1) is 12.4 Å². The number of carbonyl (C=O) groups is 1. The van der Waals surface area contributed by atoms with Gasteiger partial charge in [0.2, 0.25) is 0 Å². The fourth-order valence-corrected chi connectivity index (χ4v) is 2.72. The Morgan fingerprint density at radius 3 is 2.52 bits per heavy atom. The minimum absolute atomic E-state index is 0. The number of nitrogens with zero attached hydrogens (tertiary/aromatic N) is 1. The number of fused-ring (bicyclic) bond motifs is 1. The SMILES string of the molecule is COc1cccc2c(NC(C)c3ccccc3)c(C(=O)O)cnc12.Cl. The second kappa shape index (κ2) is 7.85. The van der Waals surface area contributed by atoms with Crippen molar-refractivity contribution in [3.8, 4) is 5.75 Å². The van der Waals surface area contributed by atoms with Crippen LogP contribution < -0.4 is 10.1 Å². The highest BCUT2D eigenvalue weighted by molar-refractivity contribution is 6.05. The molecule has 2 N–H and O–H groups in total. The fraction of sp³-hybridized carbons (Fsp3) is 0.158. The Balaban J connectivity index is 0.00000225. The number of anilines is 1. The van der Waals surface area contributed by atoms with Crippen LogP contribution in [0.2, 0.25) is 0 Å². The Morgan fingerprint density at radius 2 is 1.88 bits per heavy atom. The zero-order valence-corrected chi connectivity index (χ0v) is 14.7. The van der Waals surface area contributed by atoms with E-state index in [0.717, 1.165) is 10.9 Å².